The average molecular weight is 217 g/mol. The summed E-state index contributed by atoms with van der Waals surface area (Å²) in [6, 6.07) is 0.379. The second kappa shape index (κ2) is 6.56. The summed E-state index contributed by atoms with van der Waals surface area (Å²) in [5.74, 6) is 0. The van der Waals surface area contributed by atoms with Crippen molar-refractivity contribution in [1.29, 1.82) is 0 Å². The smallest absolute Gasteiger partial charge is 0.324 e. The molecule has 1 aliphatic carbocycles. The van der Waals surface area contributed by atoms with Crippen LogP contribution in [0.3, 0.4) is 0 Å². The minimum Gasteiger partial charge on any atom is -0.397 e. The van der Waals surface area contributed by atoms with E-state index in [1.165, 1.54) is 19.3 Å². The first kappa shape index (κ1) is 12.2. The summed E-state index contributed by atoms with van der Waals surface area (Å²) < 4.78 is 11.5. The number of nitrogens with two attached hydrogens (primary N) is 1. The lowest BCUT2D eigenvalue weighted by atomic mass is 9.96. The van der Waals surface area contributed by atoms with E-state index in [9.17, 15) is 0 Å². The van der Waals surface area contributed by atoms with Gasteiger partial charge in [0.2, 0.25) is 0 Å². The third-order valence-electron chi connectivity index (χ3n) is 2.80. The monoisotopic (exact) mass is 217 g/mol. The van der Waals surface area contributed by atoms with Crippen LogP contribution in [-0.4, -0.2) is 28.5 Å². The molecule has 0 bridgehead atoms. The number of hydrogen-bond donors (Lipinski definition) is 1. The van der Waals surface area contributed by atoms with Crippen molar-refractivity contribution in [2.45, 2.75) is 51.1 Å². The second-order valence-corrected chi connectivity index (χ2v) is 6.31. The molecule has 1 saturated carbocycles. The van der Waals surface area contributed by atoms with Gasteiger partial charge in [-0.3, -0.25) is 0 Å². The van der Waals surface area contributed by atoms with Gasteiger partial charge in [0, 0.05) is 24.8 Å². The van der Waals surface area contributed by atoms with Crippen LogP contribution < -0.4 is 5.73 Å². The van der Waals surface area contributed by atoms with Crippen molar-refractivity contribution in [2.75, 3.05) is 13.2 Å². The van der Waals surface area contributed by atoms with E-state index in [0.717, 1.165) is 19.6 Å². The lowest BCUT2D eigenvalue weighted by molar-refractivity contribution is 0.193. The molecule has 1 fully saturated rings. The Morgan fingerprint density at radius 3 is 2.36 bits per heavy atom. The highest BCUT2D eigenvalue weighted by molar-refractivity contribution is 6.46. The third-order valence-corrected chi connectivity index (χ3v) is 5.50. The Bertz CT molecular complexity index is 148. The van der Waals surface area contributed by atoms with Gasteiger partial charge in [0.25, 0.3) is 0 Å². The summed E-state index contributed by atoms with van der Waals surface area (Å²) in [6.07, 6.45) is 4.78. The predicted molar refractivity (Wildman–Crippen MR) is 60.6 cm³/mol. The van der Waals surface area contributed by atoms with Gasteiger partial charge in [-0.25, -0.2) is 0 Å². The van der Waals surface area contributed by atoms with Gasteiger partial charge in [0.15, 0.2) is 0 Å². The number of rotatable bonds is 5. The van der Waals surface area contributed by atoms with Gasteiger partial charge in [-0.1, -0.05) is 6.42 Å². The number of hydrogen-bond acceptors (Lipinski definition) is 3. The van der Waals surface area contributed by atoms with E-state index in [0.29, 0.717) is 11.6 Å². The molecule has 0 aromatic carbocycles. The van der Waals surface area contributed by atoms with Crippen molar-refractivity contribution in [2.24, 2.45) is 5.73 Å². The van der Waals surface area contributed by atoms with Crippen LogP contribution in [0.2, 0.25) is 5.54 Å². The molecule has 0 aromatic heterocycles. The summed E-state index contributed by atoms with van der Waals surface area (Å²) in [7, 11) is -1.43. The molecule has 1 aliphatic rings. The van der Waals surface area contributed by atoms with Crippen LogP contribution >= 0.6 is 0 Å². The first-order valence-electron chi connectivity index (χ1n) is 5.76. The van der Waals surface area contributed by atoms with E-state index >= 15 is 0 Å². The zero-order chi connectivity index (χ0) is 10.4. The second-order valence-electron chi connectivity index (χ2n) is 3.97. The highest BCUT2D eigenvalue weighted by Crippen LogP contribution is 2.31. The van der Waals surface area contributed by atoms with Crippen molar-refractivity contribution >= 4 is 9.28 Å². The molecular weight excluding hydrogens is 194 g/mol. The maximum absolute atomic E-state index is 5.97. The summed E-state index contributed by atoms with van der Waals surface area (Å²) in [4.78, 5) is 0. The molecule has 0 radical (unpaired) electrons. The Balaban J connectivity index is 2.39. The summed E-state index contributed by atoms with van der Waals surface area (Å²) in [5, 5.41) is 0. The van der Waals surface area contributed by atoms with Crippen LogP contribution in [0.15, 0.2) is 0 Å². The Kier molecular flexibility index (Phi) is 5.70. The SMILES string of the molecule is CCO[SiH](OCC)C1CCCC(N)C1. The summed E-state index contributed by atoms with van der Waals surface area (Å²) >= 11 is 0. The quantitative estimate of drug-likeness (QED) is 0.711. The van der Waals surface area contributed by atoms with Crippen LogP contribution in [0.4, 0.5) is 0 Å². The molecule has 14 heavy (non-hydrogen) atoms. The molecule has 2 atom stereocenters. The zero-order valence-electron chi connectivity index (χ0n) is 9.37. The molecule has 4 heteroatoms. The molecule has 2 unspecified atom stereocenters. The minimum atomic E-state index is -1.43. The van der Waals surface area contributed by atoms with Gasteiger partial charge in [-0.15, -0.1) is 0 Å². The summed E-state index contributed by atoms with van der Waals surface area (Å²) in [6.45, 7) is 5.65. The van der Waals surface area contributed by atoms with E-state index < -0.39 is 9.28 Å². The molecule has 1 rings (SSSR count). The van der Waals surface area contributed by atoms with Crippen molar-refractivity contribution in [3.63, 3.8) is 0 Å². The van der Waals surface area contributed by atoms with Crippen LogP contribution in [0.1, 0.15) is 39.5 Å². The van der Waals surface area contributed by atoms with E-state index in [-0.39, 0.29) is 0 Å². The average Bonchev–Trinajstić information content (AvgIpc) is 2.17. The van der Waals surface area contributed by atoms with Gasteiger partial charge in [-0.05, 0) is 33.1 Å². The standard InChI is InChI=1S/C10H23NO2Si/c1-3-12-14(13-4-2)10-7-5-6-9(11)8-10/h9-10,14H,3-8,11H2,1-2H3. The van der Waals surface area contributed by atoms with Crippen LogP contribution in [0.25, 0.3) is 0 Å². The van der Waals surface area contributed by atoms with E-state index in [2.05, 4.69) is 0 Å². The normalized spacial score (nSPS) is 28.3. The molecular formula is C10H23NO2Si. The van der Waals surface area contributed by atoms with Crippen LogP contribution in [0, 0.1) is 0 Å². The first-order chi connectivity index (χ1) is 6.77. The topological polar surface area (TPSA) is 44.5 Å². The molecule has 2 N–H and O–H groups in total. The van der Waals surface area contributed by atoms with Crippen molar-refractivity contribution in [3.05, 3.63) is 0 Å². The largest absolute Gasteiger partial charge is 0.397 e. The predicted octanol–water partition coefficient (Wildman–Crippen LogP) is 1.55. The Morgan fingerprint density at radius 1 is 1.21 bits per heavy atom. The van der Waals surface area contributed by atoms with E-state index in [4.69, 9.17) is 14.6 Å². The Morgan fingerprint density at radius 2 is 1.86 bits per heavy atom. The van der Waals surface area contributed by atoms with Crippen molar-refractivity contribution in [1.82, 2.24) is 0 Å². The van der Waals surface area contributed by atoms with Crippen molar-refractivity contribution < 1.29 is 8.85 Å². The molecule has 84 valence electrons. The molecule has 0 heterocycles. The van der Waals surface area contributed by atoms with Gasteiger partial charge < -0.3 is 14.6 Å². The fourth-order valence-corrected chi connectivity index (χ4v) is 4.54. The fraction of sp³-hybridized carbons (Fsp3) is 1.00. The molecule has 3 nitrogen and oxygen atoms in total. The van der Waals surface area contributed by atoms with Gasteiger partial charge in [0.05, 0.1) is 0 Å². The highest BCUT2D eigenvalue weighted by atomic mass is 28.3. The molecule has 0 saturated heterocycles. The van der Waals surface area contributed by atoms with Gasteiger partial charge in [-0.2, -0.15) is 0 Å². The lowest BCUT2D eigenvalue weighted by Crippen LogP contribution is -2.36. The zero-order valence-corrected chi connectivity index (χ0v) is 10.5. The Hall–Kier alpha value is 0.0969. The molecule has 0 amide bonds. The maximum Gasteiger partial charge on any atom is 0.324 e. The summed E-state index contributed by atoms with van der Waals surface area (Å²) in [5.41, 5.74) is 6.60. The molecule has 0 spiro atoms. The fourth-order valence-electron chi connectivity index (χ4n) is 2.16. The van der Waals surface area contributed by atoms with E-state index in [1.54, 1.807) is 0 Å². The lowest BCUT2D eigenvalue weighted by Gasteiger charge is -2.30. The Labute approximate surface area is 88.8 Å². The first-order valence-corrected chi connectivity index (χ1v) is 7.37. The highest BCUT2D eigenvalue weighted by Gasteiger charge is 2.30. The third kappa shape index (κ3) is 3.69. The molecule has 0 aromatic rings. The van der Waals surface area contributed by atoms with Crippen molar-refractivity contribution in [3.8, 4) is 0 Å². The van der Waals surface area contributed by atoms with Crippen LogP contribution in [0.5, 0.6) is 0 Å². The van der Waals surface area contributed by atoms with E-state index in [1.807, 2.05) is 13.8 Å². The van der Waals surface area contributed by atoms with Gasteiger partial charge >= 0.3 is 9.28 Å². The molecule has 0 aliphatic heterocycles. The maximum atomic E-state index is 5.97. The minimum absolute atomic E-state index is 0.379. The van der Waals surface area contributed by atoms with Crippen LogP contribution in [-0.2, 0) is 8.85 Å². The van der Waals surface area contributed by atoms with Gasteiger partial charge in [0.1, 0.15) is 0 Å².